The average molecular weight is 418 g/mol. The van der Waals surface area contributed by atoms with Crippen LogP contribution in [0.1, 0.15) is 5.56 Å². The van der Waals surface area contributed by atoms with Crippen molar-refractivity contribution in [3.8, 4) is 0 Å². The van der Waals surface area contributed by atoms with Gasteiger partial charge in [0.1, 0.15) is 0 Å². The lowest BCUT2D eigenvalue weighted by Crippen LogP contribution is -2.43. The number of benzene rings is 1. The molecule has 0 unspecified atom stereocenters. The molecule has 0 bridgehead atoms. The lowest BCUT2D eigenvalue weighted by atomic mass is 10.2. The number of para-hydroxylation sites is 1. The van der Waals surface area contributed by atoms with Crippen LogP contribution >= 0.6 is 24.0 Å². The molecule has 0 atom stereocenters. The predicted molar refractivity (Wildman–Crippen MR) is 104 cm³/mol. The van der Waals surface area contributed by atoms with Gasteiger partial charge in [0, 0.05) is 46.0 Å². The van der Waals surface area contributed by atoms with Crippen molar-refractivity contribution in [1.82, 2.24) is 10.2 Å². The maximum atomic E-state index is 5.09. The lowest BCUT2D eigenvalue weighted by molar-refractivity contribution is 0.162. The number of aliphatic imine (C=N–C) groups is 1. The topological polar surface area (TPSA) is 40.1 Å². The summed E-state index contributed by atoms with van der Waals surface area (Å²) in [7, 11) is 5.69. The van der Waals surface area contributed by atoms with Gasteiger partial charge in [0.2, 0.25) is 0 Å². The van der Waals surface area contributed by atoms with Gasteiger partial charge in [-0.2, -0.15) is 0 Å². The summed E-state index contributed by atoms with van der Waals surface area (Å²) in [5, 5.41) is 3.45. The van der Waals surface area contributed by atoms with E-state index < -0.39 is 0 Å². The molecule has 0 radical (unpaired) electrons. The lowest BCUT2D eigenvalue weighted by Gasteiger charge is -2.23. The molecule has 0 fully saturated rings. The third-order valence-corrected chi connectivity index (χ3v) is 3.81. The SMILES string of the molecule is CN=C(NCCN(C)CCOC)N1CCc2ccccc21.I. The van der Waals surface area contributed by atoms with Crippen molar-refractivity contribution in [2.24, 2.45) is 4.99 Å². The number of hydrogen-bond donors (Lipinski definition) is 1. The molecule has 1 aliphatic rings. The first kappa shape index (κ1) is 19.2. The van der Waals surface area contributed by atoms with Crippen LogP contribution in [-0.4, -0.2) is 64.9 Å². The van der Waals surface area contributed by atoms with Crippen LogP contribution in [0.25, 0.3) is 0 Å². The minimum atomic E-state index is 0. The van der Waals surface area contributed by atoms with E-state index in [1.807, 2.05) is 7.05 Å². The largest absolute Gasteiger partial charge is 0.383 e. The molecule has 1 N–H and O–H groups in total. The third-order valence-electron chi connectivity index (χ3n) is 3.81. The molecule has 1 aromatic carbocycles. The molecule has 1 aliphatic heterocycles. The number of guanidine groups is 1. The Hall–Kier alpha value is -0.860. The molecule has 124 valence electrons. The summed E-state index contributed by atoms with van der Waals surface area (Å²) in [6.45, 7) is 4.57. The van der Waals surface area contributed by atoms with Crippen molar-refractivity contribution in [2.75, 3.05) is 58.9 Å². The van der Waals surface area contributed by atoms with Crippen LogP contribution in [0.15, 0.2) is 29.3 Å². The van der Waals surface area contributed by atoms with Crippen LogP contribution in [-0.2, 0) is 11.2 Å². The summed E-state index contributed by atoms with van der Waals surface area (Å²) in [4.78, 5) is 8.94. The Labute approximate surface area is 150 Å². The predicted octanol–water partition coefficient (Wildman–Crippen LogP) is 1.82. The summed E-state index contributed by atoms with van der Waals surface area (Å²) < 4.78 is 5.09. The standard InChI is InChI=1S/C16H26N4O.HI/c1-17-16(18-9-11-19(2)12-13-21-3)20-10-8-14-6-4-5-7-15(14)20;/h4-7H,8-13H2,1-3H3,(H,17,18);1H. The summed E-state index contributed by atoms with van der Waals surface area (Å²) in [6.07, 6.45) is 1.09. The minimum Gasteiger partial charge on any atom is -0.383 e. The van der Waals surface area contributed by atoms with E-state index in [-0.39, 0.29) is 24.0 Å². The third kappa shape index (κ3) is 5.10. The van der Waals surface area contributed by atoms with E-state index in [4.69, 9.17) is 4.74 Å². The Morgan fingerprint density at radius 3 is 2.86 bits per heavy atom. The van der Waals surface area contributed by atoms with Gasteiger partial charge >= 0.3 is 0 Å². The Balaban J connectivity index is 0.00000242. The number of anilines is 1. The fourth-order valence-electron chi connectivity index (χ4n) is 2.57. The molecule has 0 aliphatic carbocycles. The highest BCUT2D eigenvalue weighted by atomic mass is 127. The summed E-state index contributed by atoms with van der Waals surface area (Å²) in [6, 6.07) is 8.55. The van der Waals surface area contributed by atoms with Crippen LogP contribution in [0.3, 0.4) is 0 Å². The highest BCUT2D eigenvalue weighted by Crippen LogP contribution is 2.27. The molecule has 1 heterocycles. The minimum absolute atomic E-state index is 0. The number of nitrogens with zero attached hydrogens (tertiary/aromatic N) is 3. The van der Waals surface area contributed by atoms with E-state index in [0.29, 0.717) is 0 Å². The Kier molecular flexibility index (Phi) is 8.74. The normalized spacial score (nSPS) is 14.0. The summed E-state index contributed by atoms with van der Waals surface area (Å²) in [5.41, 5.74) is 2.68. The van der Waals surface area contributed by atoms with Crippen molar-refractivity contribution in [1.29, 1.82) is 0 Å². The monoisotopic (exact) mass is 418 g/mol. The van der Waals surface area contributed by atoms with Crippen molar-refractivity contribution in [3.05, 3.63) is 29.8 Å². The van der Waals surface area contributed by atoms with Crippen LogP contribution in [0, 0.1) is 0 Å². The molecule has 2 rings (SSSR count). The van der Waals surface area contributed by atoms with Crippen LogP contribution in [0.5, 0.6) is 0 Å². The maximum absolute atomic E-state index is 5.09. The molecular weight excluding hydrogens is 391 g/mol. The number of fused-ring (bicyclic) bond motifs is 1. The van der Waals surface area contributed by atoms with Crippen molar-refractivity contribution < 1.29 is 4.74 Å². The van der Waals surface area contributed by atoms with Crippen LogP contribution in [0.2, 0.25) is 0 Å². The first-order valence-electron chi connectivity index (χ1n) is 7.50. The number of rotatable bonds is 6. The zero-order chi connectivity index (χ0) is 15.1. The fourth-order valence-corrected chi connectivity index (χ4v) is 2.57. The molecule has 22 heavy (non-hydrogen) atoms. The van der Waals surface area contributed by atoms with Gasteiger partial charge in [-0.05, 0) is 25.1 Å². The number of hydrogen-bond acceptors (Lipinski definition) is 3. The number of ether oxygens (including phenoxy) is 1. The summed E-state index contributed by atoms with van der Waals surface area (Å²) >= 11 is 0. The average Bonchev–Trinajstić information content (AvgIpc) is 2.93. The van der Waals surface area contributed by atoms with E-state index in [2.05, 4.69) is 51.4 Å². The number of halogens is 1. The zero-order valence-corrected chi connectivity index (χ0v) is 16.0. The highest BCUT2D eigenvalue weighted by Gasteiger charge is 2.22. The van der Waals surface area contributed by atoms with E-state index in [1.54, 1.807) is 7.11 Å². The first-order valence-corrected chi connectivity index (χ1v) is 7.50. The van der Waals surface area contributed by atoms with Crippen molar-refractivity contribution in [3.63, 3.8) is 0 Å². The van der Waals surface area contributed by atoms with E-state index >= 15 is 0 Å². The van der Waals surface area contributed by atoms with Gasteiger partial charge in [0.25, 0.3) is 0 Å². The molecule has 0 aromatic heterocycles. The molecule has 0 spiro atoms. The molecule has 0 saturated heterocycles. The van der Waals surface area contributed by atoms with Gasteiger partial charge in [-0.1, -0.05) is 18.2 Å². The van der Waals surface area contributed by atoms with Gasteiger partial charge in [0.05, 0.1) is 6.61 Å². The molecular formula is C16H27IN4O. The quantitative estimate of drug-likeness (QED) is 0.435. The van der Waals surface area contributed by atoms with Crippen molar-refractivity contribution in [2.45, 2.75) is 6.42 Å². The zero-order valence-electron chi connectivity index (χ0n) is 13.7. The van der Waals surface area contributed by atoms with E-state index in [0.717, 1.165) is 45.2 Å². The fraction of sp³-hybridized carbons (Fsp3) is 0.562. The maximum Gasteiger partial charge on any atom is 0.198 e. The Morgan fingerprint density at radius 1 is 1.36 bits per heavy atom. The molecule has 6 heteroatoms. The number of methoxy groups -OCH3 is 1. The van der Waals surface area contributed by atoms with E-state index in [9.17, 15) is 0 Å². The van der Waals surface area contributed by atoms with Crippen LogP contribution < -0.4 is 10.2 Å². The Morgan fingerprint density at radius 2 is 2.14 bits per heavy atom. The van der Waals surface area contributed by atoms with E-state index in [1.165, 1.54) is 11.3 Å². The molecule has 1 aromatic rings. The first-order chi connectivity index (χ1) is 10.3. The number of likely N-dealkylation sites (N-methyl/N-ethyl adjacent to an activating group) is 1. The Bertz CT molecular complexity index is 481. The van der Waals surface area contributed by atoms with Gasteiger partial charge < -0.3 is 19.9 Å². The van der Waals surface area contributed by atoms with Gasteiger partial charge in [-0.15, -0.1) is 24.0 Å². The van der Waals surface area contributed by atoms with Gasteiger partial charge in [-0.3, -0.25) is 4.99 Å². The van der Waals surface area contributed by atoms with Gasteiger partial charge in [-0.25, -0.2) is 0 Å². The smallest absolute Gasteiger partial charge is 0.198 e. The second-order valence-corrected chi connectivity index (χ2v) is 5.30. The highest BCUT2D eigenvalue weighted by molar-refractivity contribution is 14.0. The molecule has 0 amide bonds. The second kappa shape index (κ2) is 10.0. The van der Waals surface area contributed by atoms with Crippen LogP contribution in [0.4, 0.5) is 5.69 Å². The summed E-state index contributed by atoms with van der Waals surface area (Å²) in [5.74, 6) is 0.958. The van der Waals surface area contributed by atoms with Gasteiger partial charge in [0.15, 0.2) is 5.96 Å². The number of nitrogens with one attached hydrogen (secondary N) is 1. The second-order valence-electron chi connectivity index (χ2n) is 5.30. The molecule has 0 saturated carbocycles. The van der Waals surface area contributed by atoms with Crippen molar-refractivity contribution >= 4 is 35.6 Å². The molecule has 5 nitrogen and oxygen atoms in total.